The minimum Gasteiger partial charge on any atom is -0.368 e. The Morgan fingerprint density at radius 2 is 1.45 bits per heavy atom. The third kappa shape index (κ3) is 13.6. The second kappa shape index (κ2) is 21.5. The Kier molecular flexibility index (Phi) is 21.0. The van der Waals surface area contributed by atoms with Crippen molar-refractivity contribution in [1.82, 2.24) is 20.9 Å². The van der Waals surface area contributed by atoms with Gasteiger partial charge in [-0.25, -0.2) is 0 Å². The van der Waals surface area contributed by atoms with Gasteiger partial charge in [-0.2, -0.15) is 0 Å². The summed E-state index contributed by atoms with van der Waals surface area (Å²) in [5.41, 5.74) is 8.04. The maximum atomic E-state index is 13.2. The van der Waals surface area contributed by atoms with Gasteiger partial charge in [0.2, 0.25) is 23.6 Å². The van der Waals surface area contributed by atoms with Crippen molar-refractivity contribution in [3.8, 4) is 0 Å². The average Bonchev–Trinajstić information content (AvgIpc) is 3.41. The molecule has 9 heteroatoms. The molecule has 3 rings (SSSR count). The van der Waals surface area contributed by atoms with E-state index in [1.165, 1.54) is 37.5 Å². The van der Waals surface area contributed by atoms with Gasteiger partial charge in [-0.05, 0) is 62.6 Å². The Balaban J connectivity index is 0. The Bertz CT molecular complexity index is 935. The first-order valence-corrected chi connectivity index (χ1v) is 15.3. The number of rotatable bonds is 6. The van der Waals surface area contributed by atoms with Crippen molar-refractivity contribution in [3.05, 3.63) is 48.6 Å². The number of primary amides is 1. The van der Waals surface area contributed by atoms with Crippen LogP contribution in [0.25, 0.3) is 0 Å². The van der Waals surface area contributed by atoms with E-state index in [9.17, 15) is 19.2 Å². The van der Waals surface area contributed by atoms with Crippen LogP contribution >= 0.6 is 0 Å². The van der Waals surface area contributed by atoms with Crippen LogP contribution in [0.3, 0.4) is 0 Å². The van der Waals surface area contributed by atoms with Crippen LogP contribution in [-0.4, -0.2) is 66.3 Å². The molecule has 2 aliphatic rings. The lowest BCUT2D eigenvalue weighted by Crippen LogP contribution is -2.59. The van der Waals surface area contributed by atoms with Crippen LogP contribution < -0.4 is 21.7 Å². The zero-order valence-electron chi connectivity index (χ0n) is 27.9. The summed E-state index contributed by atoms with van der Waals surface area (Å²) in [6.45, 7) is 22.7. The van der Waals surface area contributed by atoms with E-state index in [-0.39, 0.29) is 36.7 Å². The fourth-order valence-corrected chi connectivity index (χ4v) is 4.63. The third-order valence-corrected chi connectivity index (χ3v) is 6.81. The van der Waals surface area contributed by atoms with Crippen molar-refractivity contribution in [1.29, 1.82) is 0 Å². The summed E-state index contributed by atoms with van der Waals surface area (Å²) in [4.78, 5) is 49.9. The van der Waals surface area contributed by atoms with Crippen molar-refractivity contribution in [3.63, 3.8) is 0 Å². The second-order valence-corrected chi connectivity index (χ2v) is 10.8. The van der Waals surface area contributed by atoms with Gasteiger partial charge in [0.1, 0.15) is 12.1 Å². The molecule has 4 amide bonds. The fraction of sp³-hybridized carbons (Fsp3) is 0.636. The van der Waals surface area contributed by atoms with Crippen LogP contribution in [0, 0.1) is 5.41 Å². The predicted octanol–water partition coefficient (Wildman–Crippen LogP) is 4.14. The number of hydrogen-bond acceptors (Lipinski definition) is 5. The van der Waals surface area contributed by atoms with Crippen molar-refractivity contribution in [2.45, 2.75) is 119 Å². The molecule has 1 aromatic carbocycles. The number of likely N-dealkylation sites (tertiary alicyclic amines) is 1. The highest BCUT2D eigenvalue weighted by atomic mass is 16.2. The smallest absolute Gasteiger partial charge is 0.246 e. The number of amides is 4. The molecule has 9 nitrogen and oxygen atoms in total. The standard InChI is InChI=1S/C17H31N5O4.C10H12.2C2H6.C2H4/c1-9(19-6)15(25)21-13(17(3,4)5)16(26)22-8-11(20-10(2)23)7-12(22)14(18)24;1-2-6-10-8-4-3-7-9(10)5-1;3*1-2/h9,11-13,19H,7-8H2,1-6H3,(H2,18,24)(H,20,23)(H,21,25);1-2,5-6H,3-4,7-8H2;2*1-2H3;1-2H2. The number of benzene rings is 1. The number of carbonyl (C=O) groups excluding carboxylic acids is 4. The first-order chi connectivity index (χ1) is 19.8. The molecular formula is C33H59N5O4. The van der Waals surface area contributed by atoms with Crippen LogP contribution in [0.1, 0.15) is 92.7 Å². The number of aryl methyl sites for hydroxylation is 2. The van der Waals surface area contributed by atoms with E-state index in [0.717, 1.165) is 0 Å². The zero-order chi connectivity index (χ0) is 33.0. The first kappa shape index (κ1) is 40.9. The van der Waals surface area contributed by atoms with Crippen LogP contribution in [0.4, 0.5) is 0 Å². The van der Waals surface area contributed by atoms with Crippen LogP contribution in [-0.2, 0) is 32.0 Å². The largest absolute Gasteiger partial charge is 0.368 e. The van der Waals surface area contributed by atoms with Crippen LogP contribution in [0.15, 0.2) is 37.4 Å². The molecule has 5 N–H and O–H groups in total. The van der Waals surface area contributed by atoms with Crippen molar-refractivity contribution < 1.29 is 19.2 Å². The normalized spacial score (nSPS) is 18.2. The van der Waals surface area contributed by atoms with Crippen LogP contribution in [0.2, 0.25) is 0 Å². The van der Waals surface area contributed by atoms with Crippen LogP contribution in [0.5, 0.6) is 0 Å². The molecule has 42 heavy (non-hydrogen) atoms. The number of nitrogens with zero attached hydrogens (tertiary/aromatic N) is 1. The molecule has 0 saturated carbocycles. The average molecular weight is 590 g/mol. The van der Waals surface area contributed by atoms with Gasteiger partial charge < -0.3 is 26.6 Å². The number of nitrogens with one attached hydrogen (secondary N) is 3. The minimum atomic E-state index is -0.830. The minimum absolute atomic E-state index is 0.177. The Morgan fingerprint density at radius 3 is 1.83 bits per heavy atom. The van der Waals surface area contributed by atoms with E-state index >= 15 is 0 Å². The summed E-state index contributed by atoms with van der Waals surface area (Å²) in [5, 5.41) is 8.31. The zero-order valence-corrected chi connectivity index (χ0v) is 27.9. The molecule has 1 aromatic rings. The lowest BCUT2D eigenvalue weighted by atomic mass is 9.85. The number of likely N-dealkylation sites (N-methyl/N-ethyl adjacent to an activating group) is 1. The van der Waals surface area contributed by atoms with Gasteiger partial charge in [-0.3, -0.25) is 19.2 Å². The van der Waals surface area contributed by atoms with E-state index in [2.05, 4.69) is 53.4 Å². The summed E-state index contributed by atoms with van der Waals surface area (Å²) in [7, 11) is 1.65. The van der Waals surface area contributed by atoms with Gasteiger partial charge in [0.05, 0.1) is 6.04 Å². The molecule has 0 radical (unpaired) electrons. The number of hydrogen-bond donors (Lipinski definition) is 4. The Labute approximate surface area is 255 Å². The second-order valence-electron chi connectivity index (χ2n) is 10.8. The van der Waals surface area contributed by atoms with E-state index in [0.29, 0.717) is 0 Å². The third-order valence-electron chi connectivity index (χ3n) is 6.81. The van der Waals surface area contributed by atoms with Crippen molar-refractivity contribution >= 4 is 23.6 Å². The lowest BCUT2D eigenvalue weighted by Gasteiger charge is -2.35. The summed E-state index contributed by atoms with van der Waals surface area (Å²) >= 11 is 0. The van der Waals surface area contributed by atoms with E-state index in [1.54, 1.807) is 25.1 Å². The molecular weight excluding hydrogens is 530 g/mol. The molecule has 0 spiro atoms. The molecule has 4 atom stereocenters. The highest BCUT2D eigenvalue weighted by Crippen LogP contribution is 2.26. The molecule has 1 saturated heterocycles. The molecule has 1 fully saturated rings. The maximum absolute atomic E-state index is 13.2. The Morgan fingerprint density at radius 1 is 0.976 bits per heavy atom. The quantitative estimate of drug-likeness (QED) is 0.370. The van der Waals surface area contributed by atoms with Gasteiger partial charge in [0.15, 0.2) is 0 Å². The molecule has 1 aliphatic carbocycles. The molecule has 0 bridgehead atoms. The predicted molar refractivity (Wildman–Crippen MR) is 174 cm³/mol. The van der Waals surface area contributed by atoms with E-state index in [4.69, 9.17) is 5.73 Å². The summed E-state index contributed by atoms with van der Waals surface area (Å²) in [6, 6.07) is 6.34. The first-order valence-electron chi connectivity index (χ1n) is 15.3. The van der Waals surface area contributed by atoms with Gasteiger partial charge in [0.25, 0.3) is 0 Å². The highest BCUT2D eigenvalue weighted by molar-refractivity contribution is 5.93. The maximum Gasteiger partial charge on any atom is 0.246 e. The van der Waals surface area contributed by atoms with Gasteiger partial charge >= 0.3 is 0 Å². The van der Waals surface area contributed by atoms with Crippen molar-refractivity contribution in [2.75, 3.05) is 13.6 Å². The monoisotopic (exact) mass is 589 g/mol. The fourth-order valence-electron chi connectivity index (χ4n) is 4.63. The number of fused-ring (bicyclic) bond motifs is 1. The van der Waals surface area contributed by atoms with E-state index in [1.807, 2.05) is 48.5 Å². The SMILES string of the molecule is C=C.CC.CC.CNC(C)C(=O)NC(C(=O)N1CC(NC(C)=O)CC1C(N)=O)C(C)(C)C.c1ccc2c(c1)CCCC2. The Hall–Kier alpha value is -3.20. The highest BCUT2D eigenvalue weighted by Gasteiger charge is 2.44. The molecule has 1 aliphatic heterocycles. The molecule has 4 unspecified atom stereocenters. The van der Waals surface area contributed by atoms with Gasteiger partial charge in [-0.1, -0.05) is 72.7 Å². The summed E-state index contributed by atoms with van der Waals surface area (Å²) < 4.78 is 0. The molecule has 1 heterocycles. The summed E-state index contributed by atoms with van der Waals surface area (Å²) in [5.74, 6) is -1.57. The lowest BCUT2D eigenvalue weighted by molar-refractivity contribution is -0.143. The topological polar surface area (TPSA) is 134 Å². The summed E-state index contributed by atoms with van der Waals surface area (Å²) in [6.07, 6.45) is 5.64. The van der Waals surface area contributed by atoms with Gasteiger partial charge in [-0.15, -0.1) is 13.2 Å². The van der Waals surface area contributed by atoms with E-state index < -0.39 is 29.4 Å². The van der Waals surface area contributed by atoms with Gasteiger partial charge in [0, 0.05) is 19.5 Å². The molecule has 240 valence electrons. The number of carbonyl (C=O) groups is 4. The molecule has 0 aromatic heterocycles. The number of nitrogens with two attached hydrogens (primary N) is 1. The van der Waals surface area contributed by atoms with Crippen molar-refractivity contribution in [2.24, 2.45) is 11.1 Å².